The van der Waals surface area contributed by atoms with E-state index in [1.54, 1.807) is 23.1 Å². The predicted octanol–water partition coefficient (Wildman–Crippen LogP) is 4.63. The normalized spacial score (nSPS) is 22.4. The van der Waals surface area contributed by atoms with E-state index < -0.39 is 0 Å². The predicted molar refractivity (Wildman–Crippen MR) is 93.7 cm³/mol. The third-order valence-corrected chi connectivity index (χ3v) is 6.41. The monoisotopic (exact) mass is 333 g/mol. The van der Waals surface area contributed by atoms with Gasteiger partial charge >= 0.3 is 0 Å². The van der Waals surface area contributed by atoms with Crippen LogP contribution in [0.1, 0.15) is 61.4 Å². The Morgan fingerprint density at radius 2 is 2.14 bits per heavy atom. The number of H-pyrrole nitrogens is 1. The van der Waals surface area contributed by atoms with Crippen LogP contribution in [0.4, 0.5) is 5.82 Å². The van der Waals surface area contributed by atoms with Crippen LogP contribution in [0.25, 0.3) is 0 Å². The molecule has 1 fully saturated rings. The summed E-state index contributed by atoms with van der Waals surface area (Å²) in [5, 5.41) is 8.40. The lowest BCUT2D eigenvalue weighted by Gasteiger charge is -2.25. The van der Waals surface area contributed by atoms with Crippen LogP contribution in [0.2, 0.25) is 0 Å². The molecule has 2 aromatic rings. The number of aromatic nitrogens is 2. The van der Waals surface area contributed by atoms with E-state index in [4.69, 9.17) is 4.99 Å². The first-order chi connectivity index (χ1) is 10.7. The highest BCUT2D eigenvalue weighted by Gasteiger charge is 2.32. The smallest absolute Gasteiger partial charge is 0.268 e. The maximum Gasteiger partial charge on any atom is 0.271 e. The van der Waals surface area contributed by atoms with Crippen molar-refractivity contribution in [3.63, 3.8) is 0 Å². The summed E-state index contributed by atoms with van der Waals surface area (Å²) in [6, 6.07) is 2.51. The molecule has 3 heterocycles. The first-order valence-corrected chi connectivity index (χ1v) is 9.64. The van der Waals surface area contributed by atoms with Crippen molar-refractivity contribution in [2.24, 2.45) is 4.99 Å². The number of rotatable bonds is 2. The fraction of sp³-hybridized carbons (Fsp3) is 0.500. The third-order valence-electron chi connectivity index (χ3n) is 4.54. The highest BCUT2D eigenvalue weighted by atomic mass is 32.2. The standard InChI is InChI=1S/C16H19N3OS2/c1-10-17-15-13(14(22-10)11-7-8-21-9-11)16(20)18-19(15)12-5-3-2-4-6-12/h7-9,12,14H,2-6H2,1H3,(H,18,20)/t14-/m0/s1. The van der Waals surface area contributed by atoms with Crippen LogP contribution in [-0.4, -0.2) is 14.8 Å². The van der Waals surface area contributed by atoms with Gasteiger partial charge in [0.2, 0.25) is 0 Å². The average molecular weight is 333 g/mol. The number of aromatic amines is 1. The van der Waals surface area contributed by atoms with Gasteiger partial charge in [-0.2, -0.15) is 11.3 Å². The molecule has 2 aliphatic rings. The number of nitrogens with zero attached hydrogens (tertiary/aromatic N) is 2. The molecular weight excluding hydrogens is 314 g/mol. The van der Waals surface area contributed by atoms with Crippen molar-refractivity contribution in [3.8, 4) is 0 Å². The van der Waals surface area contributed by atoms with Gasteiger partial charge in [0.1, 0.15) is 0 Å². The third kappa shape index (κ3) is 2.38. The molecule has 0 spiro atoms. The SMILES string of the molecule is CC1=Nc2c(c(=O)[nH]n2C2CCCCC2)[C@H](c2ccsc2)S1. The van der Waals surface area contributed by atoms with Crippen molar-refractivity contribution < 1.29 is 0 Å². The molecule has 0 amide bonds. The van der Waals surface area contributed by atoms with Gasteiger partial charge in [-0.25, -0.2) is 4.99 Å². The van der Waals surface area contributed by atoms with E-state index >= 15 is 0 Å². The lowest BCUT2D eigenvalue weighted by Crippen LogP contribution is -2.16. The van der Waals surface area contributed by atoms with Crippen LogP contribution in [0.3, 0.4) is 0 Å². The van der Waals surface area contributed by atoms with Gasteiger partial charge in [0, 0.05) is 0 Å². The molecule has 116 valence electrons. The van der Waals surface area contributed by atoms with Gasteiger partial charge in [-0.05, 0) is 42.2 Å². The van der Waals surface area contributed by atoms with Gasteiger partial charge in [0.25, 0.3) is 5.56 Å². The Morgan fingerprint density at radius 1 is 1.32 bits per heavy atom. The van der Waals surface area contributed by atoms with Crippen LogP contribution in [0.5, 0.6) is 0 Å². The minimum Gasteiger partial charge on any atom is -0.268 e. The number of aliphatic imine (C=N–C) groups is 1. The molecule has 1 aliphatic heterocycles. The Kier molecular flexibility index (Phi) is 3.74. The molecular formula is C16H19N3OS2. The summed E-state index contributed by atoms with van der Waals surface area (Å²) in [6.07, 6.45) is 6.07. The molecule has 1 saturated carbocycles. The van der Waals surface area contributed by atoms with E-state index in [0.717, 1.165) is 29.3 Å². The number of thiophene rings is 1. The van der Waals surface area contributed by atoms with Crippen molar-refractivity contribution in [2.75, 3.05) is 0 Å². The number of fused-ring (bicyclic) bond motifs is 1. The summed E-state index contributed by atoms with van der Waals surface area (Å²) in [7, 11) is 0. The van der Waals surface area contributed by atoms with E-state index in [0.29, 0.717) is 6.04 Å². The molecule has 22 heavy (non-hydrogen) atoms. The summed E-state index contributed by atoms with van der Waals surface area (Å²) in [4.78, 5) is 17.3. The Hall–Kier alpha value is -1.27. The second-order valence-electron chi connectivity index (χ2n) is 6.03. The zero-order chi connectivity index (χ0) is 15.1. The average Bonchev–Trinajstić information content (AvgIpc) is 3.16. The quantitative estimate of drug-likeness (QED) is 0.871. The minimum absolute atomic E-state index is 0.0283. The van der Waals surface area contributed by atoms with E-state index in [9.17, 15) is 4.79 Å². The van der Waals surface area contributed by atoms with Gasteiger partial charge in [-0.3, -0.25) is 14.6 Å². The Balaban J connectivity index is 1.82. The van der Waals surface area contributed by atoms with Gasteiger partial charge in [-0.1, -0.05) is 31.0 Å². The molecule has 0 aromatic carbocycles. The first-order valence-electron chi connectivity index (χ1n) is 7.82. The molecule has 4 rings (SSSR count). The maximum atomic E-state index is 12.6. The lowest BCUT2D eigenvalue weighted by molar-refractivity contribution is 0.331. The van der Waals surface area contributed by atoms with Gasteiger partial charge in [-0.15, -0.1) is 0 Å². The number of thioether (sulfide) groups is 1. The molecule has 0 radical (unpaired) electrons. The second kappa shape index (κ2) is 5.74. The molecule has 0 bridgehead atoms. The molecule has 2 aromatic heterocycles. The van der Waals surface area contributed by atoms with Gasteiger partial charge < -0.3 is 0 Å². The van der Waals surface area contributed by atoms with E-state index in [-0.39, 0.29) is 10.8 Å². The van der Waals surface area contributed by atoms with Crippen molar-refractivity contribution in [1.29, 1.82) is 0 Å². The lowest BCUT2D eigenvalue weighted by atomic mass is 9.95. The molecule has 0 unspecified atom stereocenters. The minimum atomic E-state index is 0.0283. The molecule has 6 heteroatoms. The molecule has 1 atom stereocenters. The van der Waals surface area contributed by atoms with Crippen LogP contribution in [0, 0.1) is 0 Å². The summed E-state index contributed by atoms with van der Waals surface area (Å²) in [6.45, 7) is 2.04. The number of hydrogen-bond acceptors (Lipinski definition) is 4. The fourth-order valence-corrected chi connectivity index (χ4v) is 5.34. The molecule has 1 N–H and O–H groups in total. The fourth-order valence-electron chi connectivity index (χ4n) is 3.47. The maximum absolute atomic E-state index is 12.6. The highest BCUT2D eigenvalue weighted by molar-refractivity contribution is 8.14. The topological polar surface area (TPSA) is 50.1 Å². The van der Waals surface area contributed by atoms with E-state index in [1.807, 2.05) is 6.92 Å². The summed E-state index contributed by atoms with van der Waals surface area (Å²) < 4.78 is 2.05. The largest absolute Gasteiger partial charge is 0.271 e. The second-order valence-corrected chi connectivity index (χ2v) is 8.10. The van der Waals surface area contributed by atoms with Crippen LogP contribution in [-0.2, 0) is 0 Å². The van der Waals surface area contributed by atoms with Crippen LogP contribution < -0.4 is 5.56 Å². The van der Waals surface area contributed by atoms with E-state index in [2.05, 4.69) is 26.6 Å². The Morgan fingerprint density at radius 3 is 2.86 bits per heavy atom. The summed E-state index contributed by atoms with van der Waals surface area (Å²) in [5.41, 5.74) is 2.07. The molecule has 0 saturated heterocycles. The zero-order valence-electron chi connectivity index (χ0n) is 12.5. The molecule has 1 aliphatic carbocycles. The van der Waals surface area contributed by atoms with Crippen molar-refractivity contribution in [3.05, 3.63) is 38.3 Å². The zero-order valence-corrected chi connectivity index (χ0v) is 14.2. The van der Waals surface area contributed by atoms with Gasteiger partial charge in [0.05, 0.1) is 21.9 Å². The molecule has 4 nitrogen and oxygen atoms in total. The van der Waals surface area contributed by atoms with Crippen LogP contribution in [0.15, 0.2) is 26.6 Å². The number of hydrogen-bond donors (Lipinski definition) is 1. The summed E-state index contributed by atoms with van der Waals surface area (Å²) >= 11 is 3.36. The Labute approximate surface area is 137 Å². The number of nitrogens with one attached hydrogen (secondary N) is 1. The Bertz CT molecular complexity index is 751. The highest BCUT2D eigenvalue weighted by Crippen LogP contribution is 2.45. The van der Waals surface area contributed by atoms with Crippen LogP contribution >= 0.6 is 23.1 Å². The van der Waals surface area contributed by atoms with E-state index in [1.165, 1.54) is 24.8 Å². The van der Waals surface area contributed by atoms with Crippen molar-refractivity contribution in [2.45, 2.75) is 50.3 Å². The van der Waals surface area contributed by atoms with Crippen molar-refractivity contribution in [1.82, 2.24) is 9.78 Å². The van der Waals surface area contributed by atoms with Crippen molar-refractivity contribution >= 4 is 34.0 Å². The first kappa shape index (κ1) is 14.3. The van der Waals surface area contributed by atoms with Gasteiger partial charge in [0.15, 0.2) is 5.82 Å². The summed E-state index contributed by atoms with van der Waals surface area (Å²) in [5.74, 6) is 0.865.